The molecule has 0 heterocycles. The lowest BCUT2D eigenvalue weighted by molar-refractivity contribution is -0.388. The van der Waals surface area contributed by atoms with Crippen LogP contribution < -0.4 is 10.5 Å². The number of rotatable bonds is 6. The van der Waals surface area contributed by atoms with Crippen LogP contribution in [0.25, 0.3) is 0 Å². The van der Waals surface area contributed by atoms with Gasteiger partial charge in [-0.2, -0.15) is 0 Å². The number of nitrogens with zero attached hydrogens (tertiary/aromatic N) is 1. The Morgan fingerprint density at radius 1 is 1.53 bits per heavy atom. The number of nitro benzene ring substituents is 1. The first-order valence-corrected chi connectivity index (χ1v) is 6.91. The van der Waals surface area contributed by atoms with E-state index in [9.17, 15) is 22.9 Å². The number of sulfonamides is 1. The quantitative estimate of drug-likeness (QED) is 0.592. The van der Waals surface area contributed by atoms with Crippen LogP contribution in [0.5, 0.6) is 0 Å². The molecule has 0 fully saturated rings. The molecule has 1 atom stereocenters. The van der Waals surface area contributed by atoms with Crippen LogP contribution in [0.3, 0.4) is 0 Å². The van der Waals surface area contributed by atoms with Crippen molar-refractivity contribution in [1.82, 2.24) is 4.72 Å². The van der Waals surface area contributed by atoms with E-state index in [1.807, 2.05) is 0 Å². The lowest BCUT2D eigenvalue weighted by atomic mass is 10.3. The van der Waals surface area contributed by atoms with E-state index in [0.29, 0.717) is 12.5 Å². The monoisotopic (exact) mass is 291 g/mol. The molecule has 0 aliphatic rings. The smallest absolute Gasteiger partial charge is 0.292 e. The van der Waals surface area contributed by atoms with Crippen molar-refractivity contribution in [1.29, 1.82) is 0 Å². The van der Waals surface area contributed by atoms with E-state index in [4.69, 9.17) is 5.73 Å². The highest BCUT2D eigenvalue weighted by atomic mass is 32.2. The zero-order valence-electron chi connectivity index (χ0n) is 10.2. The van der Waals surface area contributed by atoms with Crippen LogP contribution >= 0.6 is 0 Å². The molecule has 1 unspecified atom stereocenters. The molecule has 0 bridgehead atoms. The second-order valence-corrected chi connectivity index (χ2v) is 5.77. The van der Waals surface area contributed by atoms with Crippen molar-refractivity contribution in [2.75, 3.05) is 6.54 Å². The molecule has 1 rings (SSSR count). The average molecular weight is 291 g/mol. The van der Waals surface area contributed by atoms with E-state index < -0.39 is 31.3 Å². The van der Waals surface area contributed by atoms with Crippen molar-refractivity contribution < 1.29 is 17.7 Å². The van der Waals surface area contributed by atoms with E-state index in [1.165, 1.54) is 0 Å². The van der Waals surface area contributed by atoms with E-state index in [0.717, 1.165) is 12.1 Å². The van der Waals surface area contributed by atoms with Gasteiger partial charge in [0, 0.05) is 12.6 Å². The third kappa shape index (κ3) is 4.23. The van der Waals surface area contributed by atoms with Crippen LogP contribution in [0, 0.1) is 15.9 Å². The number of nitrogens with one attached hydrogen (secondary N) is 1. The number of hydrogen-bond donors (Lipinski definition) is 2. The van der Waals surface area contributed by atoms with Crippen molar-refractivity contribution in [2.45, 2.75) is 24.3 Å². The van der Waals surface area contributed by atoms with Crippen LogP contribution in [0.2, 0.25) is 0 Å². The average Bonchev–Trinajstić information content (AvgIpc) is 2.27. The van der Waals surface area contributed by atoms with Crippen molar-refractivity contribution in [3.63, 3.8) is 0 Å². The number of nitrogens with two attached hydrogens (primary N) is 1. The molecule has 1 aromatic carbocycles. The number of benzene rings is 1. The van der Waals surface area contributed by atoms with Gasteiger partial charge >= 0.3 is 0 Å². The third-order valence-corrected chi connectivity index (χ3v) is 3.81. The molecule has 1 aromatic rings. The largest absolute Gasteiger partial charge is 0.328 e. The minimum Gasteiger partial charge on any atom is -0.328 e. The molecule has 0 aliphatic heterocycles. The Kier molecular flexibility index (Phi) is 4.92. The highest BCUT2D eigenvalue weighted by Gasteiger charge is 2.25. The van der Waals surface area contributed by atoms with Crippen molar-refractivity contribution >= 4 is 15.7 Å². The maximum atomic E-state index is 12.9. The van der Waals surface area contributed by atoms with Gasteiger partial charge in [-0.15, -0.1) is 0 Å². The molecular formula is C10H14FN3O4S. The maximum absolute atomic E-state index is 12.9. The predicted molar refractivity (Wildman–Crippen MR) is 66.5 cm³/mol. The summed E-state index contributed by atoms with van der Waals surface area (Å²) in [6.07, 6.45) is 0.383. The van der Waals surface area contributed by atoms with Gasteiger partial charge < -0.3 is 5.73 Å². The van der Waals surface area contributed by atoms with Crippen LogP contribution in [0.4, 0.5) is 10.1 Å². The minimum absolute atomic E-state index is 0.0501. The van der Waals surface area contributed by atoms with Gasteiger partial charge in [-0.3, -0.25) is 10.1 Å². The van der Waals surface area contributed by atoms with Gasteiger partial charge in [0.25, 0.3) is 5.69 Å². The number of halogens is 1. The van der Waals surface area contributed by atoms with Crippen LogP contribution in [-0.2, 0) is 10.0 Å². The van der Waals surface area contributed by atoms with E-state index in [-0.39, 0.29) is 12.6 Å². The first kappa shape index (κ1) is 15.5. The zero-order valence-corrected chi connectivity index (χ0v) is 11.0. The Morgan fingerprint density at radius 3 is 2.68 bits per heavy atom. The standard InChI is InChI=1S/C10H14FN3O4S/c1-7(12)4-5-13-19(17,18)10-3-2-8(11)6-9(10)14(15)16/h2-3,6-7,13H,4-5,12H2,1H3. The lowest BCUT2D eigenvalue weighted by Crippen LogP contribution is -2.29. The molecule has 0 saturated heterocycles. The highest BCUT2D eigenvalue weighted by molar-refractivity contribution is 7.89. The van der Waals surface area contributed by atoms with Gasteiger partial charge in [0.15, 0.2) is 4.90 Å². The van der Waals surface area contributed by atoms with E-state index in [1.54, 1.807) is 6.92 Å². The van der Waals surface area contributed by atoms with Crippen molar-refractivity contribution in [3.8, 4) is 0 Å². The van der Waals surface area contributed by atoms with Crippen LogP contribution in [-0.4, -0.2) is 25.9 Å². The normalized spacial score (nSPS) is 13.2. The summed E-state index contributed by atoms with van der Waals surface area (Å²) in [7, 11) is -4.06. The van der Waals surface area contributed by atoms with E-state index >= 15 is 0 Å². The highest BCUT2D eigenvalue weighted by Crippen LogP contribution is 2.24. The molecule has 0 radical (unpaired) electrons. The lowest BCUT2D eigenvalue weighted by Gasteiger charge is -2.08. The van der Waals surface area contributed by atoms with Gasteiger partial charge in [-0.25, -0.2) is 17.5 Å². The molecule has 0 spiro atoms. The molecule has 0 amide bonds. The minimum atomic E-state index is -4.06. The van der Waals surface area contributed by atoms with Crippen molar-refractivity contribution in [2.24, 2.45) is 5.73 Å². The molecule has 7 nitrogen and oxygen atoms in total. The Morgan fingerprint density at radius 2 is 2.16 bits per heavy atom. The second kappa shape index (κ2) is 6.04. The molecule has 19 heavy (non-hydrogen) atoms. The summed E-state index contributed by atoms with van der Waals surface area (Å²) in [5.74, 6) is -0.874. The van der Waals surface area contributed by atoms with Crippen LogP contribution in [0.1, 0.15) is 13.3 Å². The predicted octanol–water partition coefficient (Wildman–Crippen LogP) is 0.750. The summed E-state index contributed by atoms with van der Waals surface area (Å²) in [5, 5.41) is 10.7. The molecular weight excluding hydrogens is 277 g/mol. The van der Waals surface area contributed by atoms with Gasteiger partial charge in [0.1, 0.15) is 5.82 Å². The molecule has 106 valence electrons. The zero-order chi connectivity index (χ0) is 14.6. The fraction of sp³-hybridized carbons (Fsp3) is 0.400. The number of nitro groups is 1. The summed E-state index contributed by atoms with van der Waals surface area (Å²) >= 11 is 0. The van der Waals surface area contributed by atoms with Crippen molar-refractivity contribution in [3.05, 3.63) is 34.1 Å². The molecule has 3 N–H and O–H groups in total. The van der Waals surface area contributed by atoms with Crippen LogP contribution in [0.15, 0.2) is 23.1 Å². The summed E-state index contributed by atoms with van der Waals surface area (Å²) < 4.78 is 38.8. The topological polar surface area (TPSA) is 115 Å². The summed E-state index contributed by atoms with van der Waals surface area (Å²) in [6.45, 7) is 1.75. The summed E-state index contributed by atoms with van der Waals surface area (Å²) in [6, 6.07) is 2.08. The Labute approximate surface area is 109 Å². The third-order valence-electron chi connectivity index (χ3n) is 2.30. The summed E-state index contributed by atoms with van der Waals surface area (Å²) in [4.78, 5) is 9.22. The molecule has 0 aliphatic carbocycles. The van der Waals surface area contributed by atoms with Gasteiger partial charge in [-0.1, -0.05) is 0 Å². The Balaban J connectivity index is 3.04. The maximum Gasteiger partial charge on any atom is 0.292 e. The van der Waals surface area contributed by atoms with Gasteiger partial charge in [0.2, 0.25) is 10.0 Å². The Hall–Kier alpha value is -1.58. The van der Waals surface area contributed by atoms with Gasteiger partial charge in [0.05, 0.1) is 11.0 Å². The first-order chi connectivity index (χ1) is 8.74. The summed E-state index contributed by atoms with van der Waals surface area (Å²) in [5.41, 5.74) is 4.67. The van der Waals surface area contributed by atoms with Gasteiger partial charge in [-0.05, 0) is 25.5 Å². The molecule has 0 saturated carbocycles. The molecule has 9 heteroatoms. The second-order valence-electron chi connectivity index (χ2n) is 4.03. The fourth-order valence-corrected chi connectivity index (χ4v) is 2.56. The SMILES string of the molecule is CC(N)CCNS(=O)(=O)c1ccc(F)cc1[N+](=O)[O-]. The first-order valence-electron chi connectivity index (χ1n) is 5.43. The molecule has 0 aromatic heterocycles. The fourth-order valence-electron chi connectivity index (χ4n) is 1.36. The van der Waals surface area contributed by atoms with E-state index in [2.05, 4.69) is 4.72 Å². The Bertz CT molecular complexity index is 574. The number of hydrogen-bond acceptors (Lipinski definition) is 5.